The predicted molar refractivity (Wildman–Crippen MR) is 58.5 cm³/mol. The van der Waals surface area contributed by atoms with Gasteiger partial charge in [-0.2, -0.15) is 0 Å². The molecule has 3 nitrogen and oxygen atoms in total. The van der Waals surface area contributed by atoms with E-state index in [1.807, 2.05) is 22.8 Å². The maximum atomic E-state index is 11.6. The molecule has 0 atom stereocenters. The molecule has 0 saturated heterocycles. The topological polar surface area (TPSA) is 37.8 Å². The van der Waals surface area contributed by atoms with E-state index in [2.05, 4.69) is 20.9 Å². The number of benzene rings is 1. The average Bonchev–Trinajstić information content (AvgIpc) is 2.90. The molecule has 1 aliphatic rings. The molecule has 1 fully saturated rings. The van der Waals surface area contributed by atoms with E-state index in [4.69, 9.17) is 0 Å². The number of fused-ring (bicyclic) bond motifs is 1. The van der Waals surface area contributed by atoms with Crippen LogP contribution in [0.1, 0.15) is 18.9 Å². The van der Waals surface area contributed by atoms with Crippen molar-refractivity contribution in [2.24, 2.45) is 0 Å². The molecule has 0 bridgehead atoms. The second-order valence-corrected chi connectivity index (χ2v) is 4.61. The van der Waals surface area contributed by atoms with Crippen LogP contribution < -0.4 is 5.69 Å². The number of aromatic amines is 1. The minimum atomic E-state index is 0.0144. The highest BCUT2D eigenvalue weighted by Crippen LogP contribution is 2.36. The molecule has 0 amide bonds. The number of hydrogen-bond donors (Lipinski definition) is 1. The Morgan fingerprint density at radius 2 is 2.21 bits per heavy atom. The number of nitrogens with one attached hydrogen (secondary N) is 1. The Bertz CT molecular complexity index is 551. The Hall–Kier alpha value is -1.03. The van der Waals surface area contributed by atoms with Gasteiger partial charge in [0, 0.05) is 10.5 Å². The lowest BCUT2D eigenvalue weighted by molar-refractivity contribution is 0.733. The summed E-state index contributed by atoms with van der Waals surface area (Å²) < 4.78 is 2.87. The van der Waals surface area contributed by atoms with Crippen LogP contribution >= 0.6 is 15.9 Å². The molecule has 1 heterocycles. The second-order valence-electron chi connectivity index (χ2n) is 3.69. The first-order valence-electron chi connectivity index (χ1n) is 4.65. The third-order valence-corrected chi connectivity index (χ3v) is 3.08. The van der Waals surface area contributed by atoms with Crippen LogP contribution in [0.3, 0.4) is 0 Å². The highest BCUT2D eigenvalue weighted by atomic mass is 79.9. The van der Waals surface area contributed by atoms with E-state index in [-0.39, 0.29) is 5.69 Å². The van der Waals surface area contributed by atoms with Crippen molar-refractivity contribution in [3.8, 4) is 0 Å². The van der Waals surface area contributed by atoms with Gasteiger partial charge in [-0.25, -0.2) is 4.79 Å². The molecule has 0 spiro atoms. The van der Waals surface area contributed by atoms with Crippen LogP contribution in [0.2, 0.25) is 0 Å². The number of halogens is 1. The van der Waals surface area contributed by atoms with Gasteiger partial charge in [-0.1, -0.05) is 15.9 Å². The molecule has 14 heavy (non-hydrogen) atoms. The summed E-state index contributed by atoms with van der Waals surface area (Å²) in [6, 6.07) is 6.28. The lowest BCUT2D eigenvalue weighted by atomic mass is 10.3. The van der Waals surface area contributed by atoms with Gasteiger partial charge in [0.2, 0.25) is 0 Å². The lowest BCUT2D eigenvalue weighted by Crippen LogP contribution is -2.14. The van der Waals surface area contributed by atoms with Crippen molar-refractivity contribution >= 4 is 27.0 Å². The molecule has 2 aromatic rings. The van der Waals surface area contributed by atoms with Crippen LogP contribution in [0.15, 0.2) is 27.5 Å². The molecule has 3 rings (SSSR count). The van der Waals surface area contributed by atoms with Crippen molar-refractivity contribution < 1.29 is 0 Å². The first-order chi connectivity index (χ1) is 6.75. The van der Waals surface area contributed by atoms with E-state index >= 15 is 0 Å². The van der Waals surface area contributed by atoms with Gasteiger partial charge in [0.1, 0.15) is 0 Å². The number of hydrogen-bond acceptors (Lipinski definition) is 1. The van der Waals surface area contributed by atoms with Crippen molar-refractivity contribution in [2.75, 3.05) is 0 Å². The van der Waals surface area contributed by atoms with E-state index in [1.54, 1.807) is 0 Å². The third kappa shape index (κ3) is 1.14. The number of imidazole rings is 1. The van der Waals surface area contributed by atoms with Crippen LogP contribution in [-0.2, 0) is 0 Å². The van der Waals surface area contributed by atoms with Crippen LogP contribution in [-0.4, -0.2) is 9.55 Å². The van der Waals surface area contributed by atoms with Gasteiger partial charge in [0.15, 0.2) is 0 Å². The summed E-state index contributed by atoms with van der Waals surface area (Å²) in [5, 5.41) is 0. The summed E-state index contributed by atoms with van der Waals surface area (Å²) in [6.45, 7) is 0. The van der Waals surface area contributed by atoms with Crippen molar-refractivity contribution in [1.29, 1.82) is 0 Å². The van der Waals surface area contributed by atoms with E-state index in [9.17, 15) is 4.79 Å². The van der Waals surface area contributed by atoms with E-state index in [1.165, 1.54) is 0 Å². The number of H-pyrrole nitrogens is 1. The molecule has 1 aromatic heterocycles. The largest absolute Gasteiger partial charge is 0.326 e. The zero-order valence-electron chi connectivity index (χ0n) is 7.46. The van der Waals surface area contributed by atoms with Crippen molar-refractivity contribution in [2.45, 2.75) is 18.9 Å². The first-order valence-corrected chi connectivity index (χ1v) is 5.45. The molecule has 0 unspecified atom stereocenters. The van der Waals surface area contributed by atoms with Crippen LogP contribution in [0.25, 0.3) is 11.0 Å². The maximum Gasteiger partial charge on any atom is 0.326 e. The zero-order valence-corrected chi connectivity index (χ0v) is 9.04. The van der Waals surface area contributed by atoms with Crippen molar-refractivity contribution in [3.63, 3.8) is 0 Å². The number of rotatable bonds is 1. The van der Waals surface area contributed by atoms with Crippen LogP contribution in [0, 0.1) is 0 Å². The second kappa shape index (κ2) is 2.73. The Labute approximate surface area is 88.9 Å². The van der Waals surface area contributed by atoms with Gasteiger partial charge < -0.3 is 4.98 Å². The maximum absolute atomic E-state index is 11.6. The zero-order chi connectivity index (χ0) is 9.71. The van der Waals surface area contributed by atoms with Gasteiger partial charge in [0.05, 0.1) is 11.0 Å². The molecular weight excluding hydrogens is 244 g/mol. The Balaban J connectivity index is 2.39. The summed E-state index contributed by atoms with van der Waals surface area (Å²) in [7, 11) is 0. The molecule has 4 heteroatoms. The highest BCUT2D eigenvalue weighted by molar-refractivity contribution is 9.10. The normalized spacial score (nSPS) is 16.4. The molecule has 72 valence electrons. The van der Waals surface area contributed by atoms with Crippen LogP contribution in [0.4, 0.5) is 0 Å². The van der Waals surface area contributed by atoms with Gasteiger partial charge >= 0.3 is 5.69 Å². The molecule has 0 radical (unpaired) electrons. The van der Waals surface area contributed by atoms with Crippen LogP contribution in [0.5, 0.6) is 0 Å². The minimum Gasteiger partial charge on any atom is -0.306 e. The van der Waals surface area contributed by atoms with Gasteiger partial charge in [-0.15, -0.1) is 0 Å². The summed E-state index contributed by atoms with van der Waals surface area (Å²) in [5.74, 6) is 0. The predicted octanol–water partition coefficient (Wildman–Crippen LogP) is 2.43. The monoisotopic (exact) mass is 252 g/mol. The van der Waals surface area contributed by atoms with Gasteiger partial charge in [-0.3, -0.25) is 4.57 Å². The number of aromatic nitrogens is 2. The fraction of sp³-hybridized carbons (Fsp3) is 0.300. The molecular formula is C10H9BrN2O. The minimum absolute atomic E-state index is 0.0144. The summed E-state index contributed by atoms with van der Waals surface area (Å²) in [5.41, 5.74) is 1.94. The SMILES string of the molecule is O=c1[nH]c2ccc(Br)cc2n1C1CC1. The molecule has 0 aliphatic heterocycles. The van der Waals surface area contributed by atoms with Crippen molar-refractivity contribution in [1.82, 2.24) is 9.55 Å². The fourth-order valence-electron chi connectivity index (χ4n) is 1.79. The quantitative estimate of drug-likeness (QED) is 0.832. The third-order valence-electron chi connectivity index (χ3n) is 2.59. The summed E-state index contributed by atoms with van der Waals surface area (Å²) in [4.78, 5) is 14.5. The average molecular weight is 253 g/mol. The summed E-state index contributed by atoms with van der Waals surface area (Å²) >= 11 is 3.42. The molecule has 1 aromatic carbocycles. The van der Waals surface area contributed by atoms with E-state index < -0.39 is 0 Å². The standard InChI is InChI=1S/C10H9BrN2O/c11-6-1-4-8-9(5-6)13(7-2-3-7)10(14)12-8/h1,4-5,7H,2-3H2,(H,12,14). The Kier molecular flexibility index (Phi) is 1.62. The highest BCUT2D eigenvalue weighted by Gasteiger charge is 2.26. The first kappa shape index (κ1) is 8.29. The van der Waals surface area contributed by atoms with E-state index in [0.29, 0.717) is 6.04 Å². The molecule has 1 N–H and O–H groups in total. The lowest BCUT2D eigenvalue weighted by Gasteiger charge is -1.99. The molecule has 1 aliphatic carbocycles. The van der Waals surface area contributed by atoms with Crippen molar-refractivity contribution in [3.05, 3.63) is 33.2 Å². The number of nitrogens with zero attached hydrogens (tertiary/aromatic N) is 1. The van der Waals surface area contributed by atoms with Gasteiger partial charge in [0.25, 0.3) is 0 Å². The summed E-state index contributed by atoms with van der Waals surface area (Å²) in [6.07, 6.45) is 2.25. The van der Waals surface area contributed by atoms with E-state index in [0.717, 1.165) is 28.3 Å². The van der Waals surface area contributed by atoms with Gasteiger partial charge in [-0.05, 0) is 31.0 Å². The Morgan fingerprint density at radius 3 is 2.93 bits per heavy atom. The Morgan fingerprint density at radius 1 is 1.43 bits per heavy atom. The fourth-order valence-corrected chi connectivity index (χ4v) is 2.14. The smallest absolute Gasteiger partial charge is 0.306 e. The molecule has 1 saturated carbocycles.